The number of aryl methyl sites for hydroxylation is 2. The van der Waals surface area contributed by atoms with Gasteiger partial charge >= 0.3 is 0 Å². The molecule has 0 aliphatic carbocycles. The predicted octanol–water partition coefficient (Wildman–Crippen LogP) is 3.84. The molecular weight excluding hydrogens is 360 g/mol. The van der Waals surface area contributed by atoms with E-state index in [0.29, 0.717) is 5.75 Å². The number of para-hydroxylation sites is 1. The van der Waals surface area contributed by atoms with Gasteiger partial charge in [-0.15, -0.1) is 0 Å². The van der Waals surface area contributed by atoms with Gasteiger partial charge in [0.25, 0.3) is 0 Å². The second-order valence-electron chi connectivity index (χ2n) is 7.84. The normalized spacial score (nSPS) is 17.7. The van der Waals surface area contributed by atoms with Crippen LogP contribution in [-0.2, 0) is 0 Å². The lowest BCUT2D eigenvalue weighted by atomic mass is 9.90. The molecule has 3 aromatic rings. The van der Waals surface area contributed by atoms with E-state index in [0.717, 1.165) is 52.7 Å². The van der Waals surface area contributed by atoms with E-state index in [2.05, 4.69) is 33.7 Å². The van der Waals surface area contributed by atoms with E-state index in [1.54, 1.807) is 0 Å². The molecule has 0 bridgehead atoms. The molecule has 1 unspecified atom stereocenters. The SMILES string of the molecule is Cc1cc(C2N=c3ccccc3=C3CCCC=NNc4[nH]cc2c43)cc(C)c1O. The van der Waals surface area contributed by atoms with E-state index >= 15 is 0 Å². The minimum absolute atomic E-state index is 0.154. The topological polar surface area (TPSA) is 72.8 Å². The number of hydrazone groups is 1. The van der Waals surface area contributed by atoms with Crippen molar-refractivity contribution in [2.75, 3.05) is 5.43 Å². The summed E-state index contributed by atoms with van der Waals surface area (Å²) in [7, 11) is 0. The van der Waals surface area contributed by atoms with Crippen molar-refractivity contribution in [2.24, 2.45) is 10.1 Å². The maximum atomic E-state index is 10.3. The average molecular weight is 384 g/mol. The largest absolute Gasteiger partial charge is 0.507 e. The number of hydrogen-bond donors (Lipinski definition) is 3. The molecule has 5 rings (SSSR count). The second kappa shape index (κ2) is 6.92. The summed E-state index contributed by atoms with van der Waals surface area (Å²) in [5.74, 6) is 1.27. The summed E-state index contributed by atoms with van der Waals surface area (Å²) in [5.41, 5.74) is 9.64. The number of nitrogens with one attached hydrogen (secondary N) is 2. The molecule has 0 radical (unpaired) electrons. The molecule has 0 fully saturated rings. The van der Waals surface area contributed by atoms with Crippen LogP contribution in [0.15, 0.2) is 52.7 Å². The van der Waals surface area contributed by atoms with Crippen LogP contribution in [-0.4, -0.2) is 16.3 Å². The third-order valence-corrected chi connectivity index (χ3v) is 5.86. The Balaban J connectivity index is 1.83. The Bertz CT molecular complexity index is 1230. The Morgan fingerprint density at radius 1 is 1.10 bits per heavy atom. The summed E-state index contributed by atoms with van der Waals surface area (Å²) < 4.78 is 0. The number of hydrogen-bond acceptors (Lipinski definition) is 4. The van der Waals surface area contributed by atoms with Crippen LogP contribution in [0.25, 0.3) is 5.57 Å². The lowest BCUT2D eigenvalue weighted by Crippen LogP contribution is -2.27. The van der Waals surface area contributed by atoms with Gasteiger partial charge in [0, 0.05) is 28.8 Å². The van der Waals surface area contributed by atoms with E-state index in [4.69, 9.17) is 4.99 Å². The van der Waals surface area contributed by atoms with E-state index in [9.17, 15) is 5.11 Å². The fraction of sp³-hybridized carbons (Fsp3) is 0.250. The summed E-state index contributed by atoms with van der Waals surface area (Å²) in [4.78, 5) is 8.58. The van der Waals surface area contributed by atoms with Gasteiger partial charge in [-0.2, -0.15) is 5.10 Å². The number of H-pyrrole nitrogens is 1. The molecule has 3 N–H and O–H groups in total. The molecule has 0 saturated heterocycles. The standard InChI is InChI=1S/C24H24N4O/c1-14-11-16(12-15(2)23(14)29)22-19-13-25-24-21(19)18(8-5-6-10-26-28-24)17-7-3-4-9-20(17)27-22/h3-4,7,9-13,22,25,28-29H,5-6,8H2,1-2H3. The van der Waals surface area contributed by atoms with Gasteiger partial charge in [-0.25, -0.2) is 0 Å². The molecule has 5 nitrogen and oxygen atoms in total. The van der Waals surface area contributed by atoms with Crippen molar-refractivity contribution in [1.82, 2.24) is 4.98 Å². The highest BCUT2D eigenvalue weighted by Gasteiger charge is 2.27. The minimum atomic E-state index is -0.154. The van der Waals surface area contributed by atoms with Crippen molar-refractivity contribution in [2.45, 2.75) is 39.2 Å². The third-order valence-electron chi connectivity index (χ3n) is 5.86. The van der Waals surface area contributed by atoms with Crippen LogP contribution >= 0.6 is 0 Å². The molecule has 1 atom stereocenters. The number of aromatic nitrogens is 1. The highest BCUT2D eigenvalue weighted by Crippen LogP contribution is 2.39. The first-order valence-corrected chi connectivity index (χ1v) is 10.1. The zero-order valence-corrected chi connectivity index (χ0v) is 16.7. The highest BCUT2D eigenvalue weighted by atomic mass is 16.3. The van der Waals surface area contributed by atoms with E-state index < -0.39 is 0 Å². The zero-order valence-electron chi connectivity index (χ0n) is 16.7. The average Bonchev–Trinajstić information content (AvgIpc) is 3.10. The van der Waals surface area contributed by atoms with Crippen LogP contribution in [0.3, 0.4) is 0 Å². The van der Waals surface area contributed by atoms with Crippen LogP contribution in [0.2, 0.25) is 0 Å². The van der Waals surface area contributed by atoms with Gasteiger partial charge in [-0.3, -0.25) is 10.4 Å². The van der Waals surface area contributed by atoms with E-state index in [1.165, 1.54) is 16.4 Å². The summed E-state index contributed by atoms with van der Waals surface area (Å²) >= 11 is 0. The van der Waals surface area contributed by atoms with Gasteiger partial charge in [0.15, 0.2) is 0 Å². The molecule has 2 aliphatic rings. The van der Waals surface area contributed by atoms with Gasteiger partial charge in [0.05, 0.1) is 5.36 Å². The van der Waals surface area contributed by atoms with Crippen LogP contribution in [0.1, 0.15) is 53.1 Å². The Kier molecular flexibility index (Phi) is 4.23. The van der Waals surface area contributed by atoms with Crippen molar-refractivity contribution in [3.05, 3.63) is 81.0 Å². The molecule has 2 aromatic carbocycles. The van der Waals surface area contributed by atoms with Crippen molar-refractivity contribution < 1.29 is 5.11 Å². The fourth-order valence-electron chi connectivity index (χ4n) is 4.46. The van der Waals surface area contributed by atoms with Gasteiger partial charge in [-0.1, -0.05) is 18.2 Å². The zero-order chi connectivity index (χ0) is 20.0. The smallest absolute Gasteiger partial charge is 0.131 e. The number of phenolic OH excluding ortho intramolecular Hbond substituents is 1. The number of fused-ring (bicyclic) bond motifs is 1. The summed E-state index contributed by atoms with van der Waals surface area (Å²) in [6.07, 6.45) is 6.94. The molecule has 0 spiro atoms. The van der Waals surface area contributed by atoms with E-state index in [-0.39, 0.29) is 6.04 Å². The molecule has 146 valence electrons. The monoisotopic (exact) mass is 384 g/mol. The van der Waals surface area contributed by atoms with E-state index in [1.807, 2.05) is 44.5 Å². The minimum Gasteiger partial charge on any atom is -0.507 e. The third kappa shape index (κ3) is 2.94. The Morgan fingerprint density at radius 2 is 1.90 bits per heavy atom. The summed E-state index contributed by atoms with van der Waals surface area (Å²) in [5, 5.41) is 16.8. The van der Waals surface area contributed by atoms with Crippen molar-refractivity contribution in [3.8, 4) is 5.75 Å². The number of benzene rings is 2. The second-order valence-corrected chi connectivity index (χ2v) is 7.84. The van der Waals surface area contributed by atoms with Gasteiger partial charge in [0.2, 0.25) is 0 Å². The number of aromatic hydroxyl groups is 1. The summed E-state index contributed by atoms with van der Waals surface area (Å²) in [6, 6.07) is 12.3. The van der Waals surface area contributed by atoms with Crippen molar-refractivity contribution in [1.29, 1.82) is 0 Å². The van der Waals surface area contributed by atoms with Crippen molar-refractivity contribution >= 4 is 17.6 Å². The number of nitrogens with zero attached hydrogens (tertiary/aromatic N) is 2. The summed E-state index contributed by atoms with van der Waals surface area (Å²) in [6.45, 7) is 3.88. The van der Waals surface area contributed by atoms with Gasteiger partial charge in [-0.05, 0) is 73.6 Å². The first-order valence-electron chi connectivity index (χ1n) is 10.1. The fourth-order valence-corrected chi connectivity index (χ4v) is 4.46. The van der Waals surface area contributed by atoms with Crippen LogP contribution < -0.4 is 16.0 Å². The number of rotatable bonds is 1. The van der Waals surface area contributed by atoms with Crippen molar-refractivity contribution in [3.63, 3.8) is 0 Å². The number of aromatic amines is 1. The molecule has 5 heteroatoms. The highest BCUT2D eigenvalue weighted by molar-refractivity contribution is 5.79. The van der Waals surface area contributed by atoms with Gasteiger partial charge in [0.1, 0.15) is 17.6 Å². The maximum absolute atomic E-state index is 10.3. The van der Waals surface area contributed by atoms with Gasteiger partial charge < -0.3 is 10.1 Å². The Hall–Kier alpha value is -3.34. The quantitative estimate of drug-likeness (QED) is 0.596. The molecule has 29 heavy (non-hydrogen) atoms. The lowest BCUT2D eigenvalue weighted by Gasteiger charge is -2.16. The first kappa shape index (κ1) is 17.7. The Labute approximate surface area is 169 Å². The first-order chi connectivity index (χ1) is 14.1. The molecule has 0 amide bonds. The number of anilines is 1. The maximum Gasteiger partial charge on any atom is 0.131 e. The predicted molar refractivity (Wildman–Crippen MR) is 116 cm³/mol. The molecule has 1 aromatic heterocycles. The Morgan fingerprint density at radius 3 is 2.72 bits per heavy atom. The van der Waals surface area contributed by atoms with Crippen LogP contribution in [0.5, 0.6) is 5.75 Å². The van der Waals surface area contributed by atoms with Crippen LogP contribution in [0.4, 0.5) is 5.82 Å². The molecule has 2 aliphatic heterocycles. The molecule has 3 heterocycles. The number of phenols is 1. The molecular formula is C24H24N4O. The van der Waals surface area contributed by atoms with Crippen LogP contribution in [0, 0.1) is 13.8 Å². The molecule has 0 saturated carbocycles. The lowest BCUT2D eigenvalue weighted by molar-refractivity contribution is 0.466.